The molecule has 11 heteroatoms. The van der Waals surface area contributed by atoms with Crippen molar-refractivity contribution in [2.45, 2.75) is 19.1 Å². The zero-order chi connectivity index (χ0) is 27.1. The number of H-pyrrole nitrogens is 1. The minimum absolute atomic E-state index is 0.130. The molecule has 0 bridgehead atoms. The molecule has 2 aliphatic heterocycles. The molecular weight excluding hydrogens is 504 g/mol. The summed E-state index contributed by atoms with van der Waals surface area (Å²) in [4.78, 5) is 21.5. The van der Waals surface area contributed by atoms with Crippen LogP contribution in [-0.2, 0) is 17.7 Å². The third kappa shape index (κ3) is 6.11. The lowest BCUT2D eigenvalue weighted by Crippen LogP contribution is -2.49. The van der Waals surface area contributed by atoms with Gasteiger partial charge in [0.05, 0.1) is 31.1 Å². The Hall–Kier alpha value is -4.35. The van der Waals surface area contributed by atoms with Gasteiger partial charge in [-0.3, -0.25) is 10.1 Å². The fourth-order valence-corrected chi connectivity index (χ4v) is 5.18. The first-order chi connectivity index (χ1) is 19.7. The Labute approximate surface area is 233 Å². The molecule has 206 valence electrons. The lowest BCUT2D eigenvalue weighted by Gasteiger charge is -2.36. The van der Waals surface area contributed by atoms with Crippen LogP contribution in [0.25, 0.3) is 11.1 Å². The first kappa shape index (κ1) is 25.9. The number of benzene rings is 1. The quantitative estimate of drug-likeness (QED) is 0.233. The number of nitrogens with one attached hydrogen (secondary N) is 3. The van der Waals surface area contributed by atoms with Crippen molar-refractivity contribution in [3.05, 3.63) is 84.2 Å². The number of hydrogen-bond acceptors (Lipinski definition) is 7. The summed E-state index contributed by atoms with van der Waals surface area (Å²) in [6, 6.07) is 12.4. The Morgan fingerprint density at radius 3 is 2.62 bits per heavy atom. The zero-order valence-corrected chi connectivity index (χ0v) is 22.4. The van der Waals surface area contributed by atoms with Gasteiger partial charge in [-0.15, -0.1) is 0 Å². The molecule has 5 heterocycles. The molecule has 11 nitrogen and oxygen atoms in total. The Kier molecular flexibility index (Phi) is 7.92. The molecule has 6 rings (SSSR count). The van der Waals surface area contributed by atoms with E-state index in [4.69, 9.17) is 10.1 Å². The minimum atomic E-state index is 0.130. The van der Waals surface area contributed by atoms with Gasteiger partial charge in [-0.25, -0.2) is 15.0 Å². The summed E-state index contributed by atoms with van der Waals surface area (Å²) in [5.74, 6) is 1.50. The number of anilines is 1. The molecule has 0 unspecified atom stereocenters. The molecule has 4 aromatic rings. The van der Waals surface area contributed by atoms with Gasteiger partial charge in [0, 0.05) is 81.6 Å². The molecule has 0 amide bonds. The predicted molar refractivity (Wildman–Crippen MR) is 155 cm³/mol. The van der Waals surface area contributed by atoms with Crippen molar-refractivity contribution in [1.82, 2.24) is 34.9 Å². The number of morpholine rings is 1. The number of ether oxygens (including phenoxy) is 1. The standard InChI is InChI=1S/C29H34N10O/c30-21-35-28(27-13-24(16-32-27)25-17-36-39(19-25)20-26-18-31-6-11-40-26)37-7-9-38(10-8-37)29-33-14-23(15-34-29)12-22-4-2-1-3-5-22/h1-5,13-17,19,21,26,30-32H,6-12,18,20H2/t26-/m0/s1. The number of nitrogens with zero attached hydrogens (tertiary/aromatic N) is 7. The first-order valence-electron chi connectivity index (χ1n) is 13.7. The molecule has 1 atom stereocenters. The Balaban J connectivity index is 1.07. The molecule has 2 saturated heterocycles. The van der Waals surface area contributed by atoms with Gasteiger partial charge in [0.2, 0.25) is 5.95 Å². The predicted octanol–water partition coefficient (Wildman–Crippen LogP) is 2.42. The van der Waals surface area contributed by atoms with E-state index in [9.17, 15) is 0 Å². The second-order valence-electron chi connectivity index (χ2n) is 10.1. The van der Waals surface area contributed by atoms with Crippen LogP contribution in [0.3, 0.4) is 0 Å². The number of amidine groups is 1. The second kappa shape index (κ2) is 12.2. The van der Waals surface area contributed by atoms with Crippen molar-refractivity contribution < 1.29 is 4.74 Å². The summed E-state index contributed by atoms with van der Waals surface area (Å²) in [5, 5.41) is 15.5. The first-order valence-corrected chi connectivity index (χ1v) is 13.7. The third-order valence-corrected chi connectivity index (χ3v) is 7.28. The van der Waals surface area contributed by atoms with Crippen molar-refractivity contribution in [2.75, 3.05) is 50.8 Å². The highest BCUT2D eigenvalue weighted by Gasteiger charge is 2.23. The number of aromatic amines is 1. The highest BCUT2D eigenvalue weighted by molar-refractivity contribution is 6.01. The third-order valence-electron chi connectivity index (χ3n) is 7.28. The SMILES string of the molecule is N=CN=C(c1cc(-c2cnn(C[C@@H]3CNCCO3)c2)c[nH]1)N1CCN(c2ncc(Cc3ccccc3)cn2)CC1. The number of aliphatic imine (C=N–C) groups is 1. The van der Waals surface area contributed by atoms with Gasteiger partial charge in [0.1, 0.15) is 6.34 Å². The molecule has 0 aliphatic carbocycles. The molecule has 0 saturated carbocycles. The molecular formula is C29H34N10O. The van der Waals surface area contributed by atoms with Crippen molar-refractivity contribution in [3.63, 3.8) is 0 Å². The van der Waals surface area contributed by atoms with E-state index in [1.807, 2.05) is 41.7 Å². The van der Waals surface area contributed by atoms with E-state index in [0.717, 1.165) is 92.8 Å². The van der Waals surface area contributed by atoms with Crippen LogP contribution in [0, 0.1) is 5.41 Å². The van der Waals surface area contributed by atoms with Crippen molar-refractivity contribution in [3.8, 4) is 11.1 Å². The summed E-state index contributed by atoms with van der Waals surface area (Å²) in [7, 11) is 0. The largest absolute Gasteiger partial charge is 0.374 e. The minimum Gasteiger partial charge on any atom is -0.374 e. The van der Waals surface area contributed by atoms with Crippen LogP contribution >= 0.6 is 0 Å². The van der Waals surface area contributed by atoms with Crippen LogP contribution in [0.2, 0.25) is 0 Å². The number of rotatable bonds is 8. The monoisotopic (exact) mass is 538 g/mol. The van der Waals surface area contributed by atoms with Crippen LogP contribution < -0.4 is 10.2 Å². The average Bonchev–Trinajstić information content (AvgIpc) is 3.68. The molecule has 0 radical (unpaired) electrons. The topological polar surface area (TPSA) is 123 Å². The van der Waals surface area contributed by atoms with E-state index < -0.39 is 0 Å². The molecule has 3 N–H and O–H groups in total. The summed E-state index contributed by atoms with van der Waals surface area (Å²) in [6.07, 6.45) is 11.8. The maximum absolute atomic E-state index is 7.66. The van der Waals surface area contributed by atoms with Crippen LogP contribution in [0.5, 0.6) is 0 Å². The van der Waals surface area contributed by atoms with Crippen LogP contribution in [0.15, 0.2) is 72.4 Å². The molecule has 40 heavy (non-hydrogen) atoms. The van der Waals surface area contributed by atoms with E-state index in [1.165, 1.54) is 5.56 Å². The van der Waals surface area contributed by atoms with Gasteiger partial charge in [-0.1, -0.05) is 30.3 Å². The maximum Gasteiger partial charge on any atom is 0.225 e. The number of aromatic nitrogens is 5. The van der Waals surface area contributed by atoms with Gasteiger partial charge in [0.15, 0.2) is 5.84 Å². The highest BCUT2D eigenvalue weighted by atomic mass is 16.5. The van der Waals surface area contributed by atoms with Gasteiger partial charge < -0.3 is 24.8 Å². The van der Waals surface area contributed by atoms with E-state index in [-0.39, 0.29) is 6.10 Å². The maximum atomic E-state index is 7.66. The van der Waals surface area contributed by atoms with Crippen molar-refractivity contribution in [1.29, 1.82) is 5.41 Å². The van der Waals surface area contributed by atoms with Crippen LogP contribution in [-0.4, -0.2) is 93.8 Å². The molecule has 2 aliphatic rings. The molecule has 2 fully saturated rings. The molecule has 3 aromatic heterocycles. The Morgan fingerprint density at radius 2 is 1.88 bits per heavy atom. The average molecular weight is 539 g/mol. The van der Waals surface area contributed by atoms with E-state index >= 15 is 0 Å². The normalized spacial score (nSPS) is 18.2. The van der Waals surface area contributed by atoms with Crippen LogP contribution in [0.1, 0.15) is 16.8 Å². The van der Waals surface area contributed by atoms with E-state index in [0.29, 0.717) is 6.54 Å². The summed E-state index contributed by atoms with van der Waals surface area (Å²) in [6.45, 7) is 6.24. The lowest BCUT2D eigenvalue weighted by atomic mass is 10.1. The fourth-order valence-electron chi connectivity index (χ4n) is 5.18. The van der Waals surface area contributed by atoms with Gasteiger partial charge in [-0.05, 0) is 17.2 Å². The van der Waals surface area contributed by atoms with Gasteiger partial charge in [0.25, 0.3) is 0 Å². The number of hydrogen-bond donors (Lipinski definition) is 3. The summed E-state index contributed by atoms with van der Waals surface area (Å²) in [5.41, 5.74) is 5.28. The summed E-state index contributed by atoms with van der Waals surface area (Å²) < 4.78 is 7.74. The van der Waals surface area contributed by atoms with Gasteiger partial charge in [-0.2, -0.15) is 5.10 Å². The van der Waals surface area contributed by atoms with E-state index in [2.05, 4.69) is 70.5 Å². The Morgan fingerprint density at radius 1 is 1.05 bits per heavy atom. The second-order valence-corrected chi connectivity index (χ2v) is 10.1. The Bertz CT molecular complexity index is 1410. The fraction of sp³-hybridized carbons (Fsp3) is 0.345. The zero-order valence-electron chi connectivity index (χ0n) is 22.4. The smallest absolute Gasteiger partial charge is 0.225 e. The lowest BCUT2D eigenvalue weighted by molar-refractivity contribution is 0.0161. The van der Waals surface area contributed by atoms with Crippen molar-refractivity contribution >= 4 is 18.1 Å². The highest BCUT2D eigenvalue weighted by Crippen LogP contribution is 2.22. The summed E-state index contributed by atoms with van der Waals surface area (Å²) >= 11 is 0. The molecule has 0 spiro atoms. The van der Waals surface area contributed by atoms with Crippen LogP contribution in [0.4, 0.5) is 5.95 Å². The van der Waals surface area contributed by atoms with Gasteiger partial charge >= 0.3 is 0 Å². The van der Waals surface area contributed by atoms with Crippen molar-refractivity contribution in [2.24, 2.45) is 4.99 Å². The van der Waals surface area contributed by atoms with E-state index in [1.54, 1.807) is 0 Å². The number of piperazine rings is 1. The molecule has 1 aromatic carbocycles.